The van der Waals surface area contributed by atoms with E-state index in [2.05, 4.69) is 9.72 Å². The summed E-state index contributed by atoms with van der Waals surface area (Å²) in [5.41, 5.74) is 3.38. The van der Waals surface area contributed by atoms with Crippen LogP contribution in [0, 0.1) is 0 Å². The highest BCUT2D eigenvalue weighted by Gasteiger charge is 2.36. The van der Waals surface area contributed by atoms with Gasteiger partial charge in [-0.15, -0.1) is 13.2 Å². The summed E-state index contributed by atoms with van der Waals surface area (Å²) in [7, 11) is -4.81. The van der Waals surface area contributed by atoms with E-state index in [4.69, 9.17) is 10.9 Å². The highest BCUT2D eigenvalue weighted by Crippen LogP contribution is 2.34. The van der Waals surface area contributed by atoms with Gasteiger partial charge in [0.05, 0.1) is 0 Å². The predicted molar refractivity (Wildman–Crippen MR) is 55.1 cm³/mol. The zero-order chi connectivity index (χ0) is 15.7. The van der Waals surface area contributed by atoms with Crippen molar-refractivity contribution in [2.45, 2.75) is 24.2 Å². The zero-order valence-electron chi connectivity index (χ0n) is 9.49. The number of alkyl halides is 5. The van der Waals surface area contributed by atoms with Crippen LogP contribution < -0.4 is 15.6 Å². The number of pyridine rings is 1. The van der Waals surface area contributed by atoms with E-state index < -0.39 is 51.3 Å². The van der Waals surface area contributed by atoms with E-state index in [1.54, 1.807) is 0 Å². The average Bonchev–Trinajstić information content (AvgIpc) is 2.23. The van der Waals surface area contributed by atoms with Crippen LogP contribution in [0.1, 0.15) is 17.6 Å². The summed E-state index contributed by atoms with van der Waals surface area (Å²) in [4.78, 5) is 1.61. The van der Waals surface area contributed by atoms with Crippen LogP contribution in [0.4, 0.5) is 22.0 Å². The monoisotopic (exact) mass is 321 g/mol. The molecule has 0 fully saturated rings. The molecule has 0 saturated carbocycles. The molecule has 20 heavy (non-hydrogen) atoms. The van der Waals surface area contributed by atoms with Crippen LogP contribution in [0.3, 0.4) is 0 Å². The van der Waals surface area contributed by atoms with Crippen molar-refractivity contribution in [3.05, 3.63) is 17.3 Å². The van der Waals surface area contributed by atoms with Crippen molar-refractivity contribution in [3.8, 4) is 5.88 Å². The molecule has 0 aliphatic rings. The van der Waals surface area contributed by atoms with E-state index >= 15 is 0 Å². The summed E-state index contributed by atoms with van der Waals surface area (Å²) < 4.78 is 87.6. The number of halogens is 5. The van der Waals surface area contributed by atoms with Crippen molar-refractivity contribution >= 4 is 10.0 Å². The Balaban J connectivity index is 3.63. The Bertz CT molecular complexity index is 602. The maximum absolute atomic E-state index is 12.7. The van der Waals surface area contributed by atoms with Gasteiger partial charge in [0.25, 0.3) is 6.43 Å². The van der Waals surface area contributed by atoms with Gasteiger partial charge in [0.2, 0.25) is 15.9 Å². The van der Waals surface area contributed by atoms with Crippen molar-refractivity contribution in [1.29, 1.82) is 0 Å². The number of hydrogen-bond donors (Lipinski definition) is 2. The summed E-state index contributed by atoms with van der Waals surface area (Å²) in [5.74, 6) is -1.45. The van der Waals surface area contributed by atoms with Gasteiger partial charge in [-0.2, -0.15) is 0 Å². The maximum Gasteiger partial charge on any atom is 0.574 e. The lowest BCUT2D eigenvalue weighted by molar-refractivity contribution is -0.277. The highest BCUT2D eigenvalue weighted by molar-refractivity contribution is 7.89. The van der Waals surface area contributed by atoms with E-state index in [1.165, 1.54) is 0 Å². The van der Waals surface area contributed by atoms with Crippen LogP contribution in [0.5, 0.6) is 5.88 Å². The van der Waals surface area contributed by atoms with Crippen LogP contribution >= 0.6 is 0 Å². The molecule has 0 aliphatic carbocycles. The number of rotatable bonds is 4. The summed E-state index contributed by atoms with van der Waals surface area (Å²) in [6, 6.07) is 0. The molecule has 0 spiro atoms. The lowest BCUT2D eigenvalue weighted by atomic mass is 10.1. The molecule has 1 heterocycles. The Morgan fingerprint density at radius 1 is 1.35 bits per heavy atom. The third-order valence-electron chi connectivity index (χ3n) is 2.07. The Morgan fingerprint density at radius 3 is 2.25 bits per heavy atom. The first-order chi connectivity index (χ1) is 8.97. The van der Waals surface area contributed by atoms with E-state index in [-0.39, 0.29) is 0 Å². The molecule has 6 nitrogen and oxygen atoms in total. The first-order valence-electron chi connectivity index (χ1n) is 4.76. The third kappa shape index (κ3) is 3.74. The van der Waals surface area contributed by atoms with Gasteiger partial charge in [0, 0.05) is 23.9 Å². The smallest absolute Gasteiger partial charge is 0.386 e. The molecule has 0 atom stereocenters. The minimum Gasteiger partial charge on any atom is -0.386 e. The normalized spacial score (nSPS) is 12.8. The highest BCUT2D eigenvalue weighted by atomic mass is 32.2. The molecular formula is C8H8F5N3O3S. The molecule has 0 bridgehead atoms. The number of ether oxygens (including phenoxy) is 1. The fourth-order valence-corrected chi connectivity index (χ4v) is 2.28. The molecule has 1 aromatic heterocycles. The number of aromatic nitrogens is 1. The molecule has 0 aromatic carbocycles. The Labute approximate surface area is 109 Å². The summed E-state index contributed by atoms with van der Waals surface area (Å²) >= 11 is 0. The SMILES string of the molecule is NCc1c(C(F)F)cnc(OC(F)(F)F)c1S(N)(=O)=O. The first kappa shape index (κ1) is 16.5. The van der Waals surface area contributed by atoms with Crippen molar-refractivity contribution in [2.24, 2.45) is 10.9 Å². The third-order valence-corrected chi connectivity index (χ3v) is 3.06. The molecule has 0 saturated heterocycles. The molecule has 114 valence electrons. The largest absolute Gasteiger partial charge is 0.574 e. The molecule has 0 unspecified atom stereocenters. The zero-order valence-corrected chi connectivity index (χ0v) is 10.3. The van der Waals surface area contributed by atoms with Crippen LogP contribution in [0.15, 0.2) is 11.1 Å². The molecule has 0 radical (unpaired) electrons. The topological polar surface area (TPSA) is 108 Å². The Kier molecular flexibility index (Phi) is 4.51. The minimum atomic E-state index is -5.27. The fraction of sp³-hybridized carbons (Fsp3) is 0.375. The maximum atomic E-state index is 12.7. The second-order valence-electron chi connectivity index (χ2n) is 3.42. The lowest BCUT2D eigenvalue weighted by Gasteiger charge is -2.16. The molecule has 1 aromatic rings. The summed E-state index contributed by atoms with van der Waals surface area (Å²) in [6.45, 7) is -0.790. The number of nitrogens with two attached hydrogens (primary N) is 2. The van der Waals surface area contributed by atoms with Gasteiger partial charge in [-0.1, -0.05) is 0 Å². The van der Waals surface area contributed by atoms with Gasteiger partial charge in [0.15, 0.2) is 0 Å². The second kappa shape index (κ2) is 5.46. The van der Waals surface area contributed by atoms with Crippen molar-refractivity contribution in [3.63, 3.8) is 0 Å². The van der Waals surface area contributed by atoms with Crippen LogP contribution in [-0.4, -0.2) is 19.8 Å². The van der Waals surface area contributed by atoms with Crippen molar-refractivity contribution < 1.29 is 35.1 Å². The van der Waals surface area contributed by atoms with Gasteiger partial charge >= 0.3 is 6.36 Å². The molecule has 0 aliphatic heterocycles. The van der Waals surface area contributed by atoms with Crippen molar-refractivity contribution in [2.75, 3.05) is 0 Å². The van der Waals surface area contributed by atoms with Crippen LogP contribution in [0.25, 0.3) is 0 Å². The van der Waals surface area contributed by atoms with E-state index in [9.17, 15) is 30.4 Å². The van der Waals surface area contributed by atoms with Gasteiger partial charge in [-0.3, -0.25) is 0 Å². The molecule has 12 heteroatoms. The second-order valence-corrected chi connectivity index (χ2v) is 4.92. The van der Waals surface area contributed by atoms with E-state index in [0.717, 1.165) is 0 Å². The standard InChI is InChI=1S/C8H8F5N3O3S/c9-6(10)4-2-16-7(19-8(11,12)13)5(3(4)1-14)20(15,17)18/h2,6H,1,14H2,(H2,15,17,18). The summed E-state index contributed by atoms with van der Waals surface area (Å²) in [5, 5.41) is 4.71. The molecule has 4 N–H and O–H groups in total. The van der Waals surface area contributed by atoms with Gasteiger partial charge < -0.3 is 10.5 Å². The Hall–Kier alpha value is -1.53. The number of sulfonamides is 1. The van der Waals surface area contributed by atoms with Gasteiger partial charge in [-0.05, 0) is 0 Å². The fourth-order valence-electron chi connectivity index (χ4n) is 1.40. The van der Waals surface area contributed by atoms with E-state index in [0.29, 0.717) is 6.20 Å². The van der Waals surface area contributed by atoms with Gasteiger partial charge in [0.1, 0.15) is 4.90 Å². The predicted octanol–water partition coefficient (Wildman–Crippen LogP) is 1.02. The van der Waals surface area contributed by atoms with E-state index in [1.807, 2.05) is 0 Å². The first-order valence-corrected chi connectivity index (χ1v) is 6.30. The molecule has 0 amide bonds. The quantitative estimate of drug-likeness (QED) is 0.805. The lowest BCUT2D eigenvalue weighted by Crippen LogP contribution is -2.24. The summed E-state index contributed by atoms with van der Waals surface area (Å²) in [6.07, 6.45) is -8.12. The Morgan fingerprint density at radius 2 is 1.90 bits per heavy atom. The van der Waals surface area contributed by atoms with Crippen molar-refractivity contribution in [1.82, 2.24) is 4.98 Å². The number of primary sulfonamides is 1. The van der Waals surface area contributed by atoms with Crippen LogP contribution in [-0.2, 0) is 16.6 Å². The average molecular weight is 321 g/mol. The van der Waals surface area contributed by atoms with Gasteiger partial charge in [-0.25, -0.2) is 27.3 Å². The number of nitrogens with zero attached hydrogens (tertiary/aromatic N) is 1. The minimum absolute atomic E-state index is 0.350. The number of hydrogen-bond acceptors (Lipinski definition) is 5. The molecule has 1 rings (SSSR count). The molecular weight excluding hydrogens is 313 g/mol. The van der Waals surface area contributed by atoms with Crippen LogP contribution in [0.2, 0.25) is 0 Å².